The number of H-pyrrole nitrogens is 1. The van der Waals surface area contributed by atoms with E-state index in [1.807, 2.05) is 18.2 Å². The van der Waals surface area contributed by atoms with E-state index in [9.17, 15) is 4.79 Å². The summed E-state index contributed by atoms with van der Waals surface area (Å²) in [6.07, 6.45) is 0.881. The molecule has 0 atom stereocenters. The standard InChI is InChI=1S/C15H12N2O4/c18-15(19)14-6-13(17-21-14)8-1-2-11-9(5-8)10-7-20-4-3-12(10)16-11/h1-2,5-6,16H,3-4,7H2,(H,18,19). The van der Waals surface area contributed by atoms with Crippen LogP contribution in [0.5, 0.6) is 0 Å². The van der Waals surface area contributed by atoms with E-state index in [0.29, 0.717) is 12.3 Å². The summed E-state index contributed by atoms with van der Waals surface area (Å²) in [5.41, 5.74) is 4.77. The number of carboxylic acids is 1. The van der Waals surface area contributed by atoms with E-state index in [2.05, 4.69) is 10.1 Å². The van der Waals surface area contributed by atoms with E-state index in [1.54, 1.807) is 0 Å². The van der Waals surface area contributed by atoms with Gasteiger partial charge in [-0.05, 0) is 12.1 Å². The van der Waals surface area contributed by atoms with Gasteiger partial charge in [-0.2, -0.15) is 0 Å². The number of aromatic nitrogens is 2. The molecule has 0 fully saturated rings. The van der Waals surface area contributed by atoms with Crippen LogP contribution in [0.25, 0.3) is 22.2 Å². The van der Waals surface area contributed by atoms with E-state index in [4.69, 9.17) is 14.4 Å². The van der Waals surface area contributed by atoms with Crippen LogP contribution >= 0.6 is 0 Å². The minimum absolute atomic E-state index is 0.162. The molecule has 4 rings (SSSR count). The van der Waals surface area contributed by atoms with Gasteiger partial charge in [0.1, 0.15) is 5.69 Å². The van der Waals surface area contributed by atoms with Crippen molar-refractivity contribution in [1.82, 2.24) is 10.1 Å². The highest BCUT2D eigenvalue weighted by molar-refractivity contribution is 5.90. The Morgan fingerprint density at radius 3 is 3.05 bits per heavy atom. The maximum absolute atomic E-state index is 10.9. The Morgan fingerprint density at radius 2 is 2.24 bits per heavy atom. The first-order chi connectivity index (χ1) is 10.2. The second kappa shape index (κ2) is 4.46. The van der Waals surface area contributed by atoms with Crippen LogP contribution in [0.3, 0.4) is 0 Å². The predicted molar refractivity (Wildman–Crippen MR) is 74.1 cm³/mol. The van der Waals surface area contributed by atoms with Crippen molar-refractivity contribution in [2.75, 3.05) is 6.61 Å². The molecule has 1 aliphatic heterocycles. The molecule has 0 radical (unpaired) electrons. The van der Waals surface area contributed by atoms with E-state index in [1.165, 1.54) is 17.3 Å². The van der Waals surface area contributed by atoms with Gasteiger partial charge in [0.25, 0.3) is 0 Å². The average Bonchev–Trinajstić information content (AvgIpc) is 3.11. The Hall–Kier alpha value is -2.60. The van der Waals surface area contributed by atoms with Crippen LogP contribution in [0.1, 0.15) is 21.8 Å². The summed E-state index contributed by atoms with van der Waals surface area (Å²) >= 11 is 0. The van der Waals surface area contributed by atoms with Crippen LogP contribution in [0.15, 0.2) is 28.8 Å². The molecule has 1 aromatic carbocycles. The summed E-state index contributed by atoms with van der Waals surface area (Å²) in [5, 5.41) is 13.8. The summed E-state index contributed by atoms with van der Waals surface area (Å²) in [6, 6.07) is 7.29. The van der Waals surface area contributed by atoms with Gasteiger partial charge in [-0.1, -0.05) is 11.2 Å². The van der Waals surface area contributed by atoms with Crippen molar-refractivity contribution >= 4 is 16.9 Å². The Balaban J connectivity index is 1.84. The van der Waals surface area contributed by atoms with Crippen LogP contribution in [0.2, 0.25) is 0 Å². The summed E-state index contributed by atoms with van der Waals surface area (Å²) in [4.78, 5) is 14.3. The second-order valence-corrected chi connectivity index (χ2v) is 5.03. The van der Waals surface area contributed by atoms with E-state index in [-0.39, 0.29) is 5.76 Å². The summed E-state index contributed by atoms with van der Waals surface area (Å²) in [6.45, 7) is 1.33. The Morgan fingerprint density at radius 1 is 1.33 bits per heavy atom. The number of hydrogen-bond acceptors (Lipinski definition) is 4. The molecule has 0 unspecified atom stereocenters. The number of carbonyl (C=O) groups is 1. The van der Waals surface area contributed by atoms with Crippen molar-refractivity contribution in [1.29, 1.82) is 0 Å². The largest absolute Gasteiger partial charge is 0.475 e. The van der Waals surface area contributed by atoms with Crippen molar-refractivity contribution < 1.29 is 19.2 Å². The van der Waals surface area contributed by atoms with Crippen molar-refractivity contribution in [2.24, 2.45) is 0 Å². The quantitative estimate of drug-likeness (QED) is 0.755. The summed E-state index contributed by atoms with van der Waals surface area (Å²) in [5.74, 6) is -1.29. The van der Waals surface area contributed by atoms with Gasteiger partial charge in [0.05, 0.1) is 13.2 Å². The monoisotopic (exact) mass is 284 g/mol. The van der Waals surface area contributed by atoms with Gasteiger partial charge < -0.3 is 19.4 Å². The third kappa shape index (κ3) is 1.92. The molecule has 6 nitrogen and oxygen atoms in total. The Bertz CT molecular complexity index is 847. The minimum Gasteiger partial charge on any atom is -0.475 e. The maximum Gasteiger partial charge on any atom is 0.374 e. The van der Waals surface area contributed by atoms with E-state index >= 15 is 0 Å². The van der Waals surface area contributed by atoms with Crippen LogP contribution in [0.4, 0.5) is 0 Å². The molecule has 6 heteroatoms. The van der Waals surface area contributed by atoms with Crippen molar-refractivity contribution in [3.63, 3.8) is 0 Å². The predicted octanol–water partition coefficient (Wildman–Crippen LogP) is 2.59. The highest BCUT2D eigenvalue weighted by Crippen LogP contribution is 2.30. The number of aromatic amines is 1. The van der Waals surface area contributed by atoms with Crippen LogP contribution in [-0.4, -0.2) is 27.8 Å². The Kier molecular flexibility index (Phi) is 2.58. The van der Waals surface area contributed by atoms with Gasteiger partial charge in [0.2, 0.25) is 5.76 Å². The smallest absolute Gasteiger partial charge is 0.374 e. The van der Waals surface area contributed by atoms with Gasteiger partial charge in [0, 0.05) is 40.2 Å². The third-order valence-corrected chi connectivity index (χ3v) is 3.75. The fourth-order valence-electron chi connectivity index (χ4n) is 2.70. The molecule has 2 N–H and O–H groups in total. The first-order valence-corrected chi connectivity index (χ1v) is 6.64. The van der Waals surface area contributed by atoms with Gasteiger partial charge in [0.15, 0.2) is 0 Å². The normalized spacial score (nSPS) is 14.3. The third-order valence-electron chi connectivity index (χ3n) is 3.75. The number of nitrogens with zero attached hydrogens (tertiary/aromatic N) is 1. The lowest BCUT2D eigenvalue weighted by atomic mass is 10.0. The molecule has 106 valence electrons. The molecule has 0 spiro atoms. The molecule has 2 aromatic heterocycles. The molecule has 3 heterocycles. The molecule has 0 amide bonds. The van der Waals surface area contributed by atoms with Gasteiger partial charge in [-0.3, -0.25) is 0 Å². The van der Waals surface area contributed by atoms with Crippen LogP contribution in [0, 0.1) is 0 Å². The fraction of sp³-hybridized carbons (Fsp3) is 0.200. The topological polar surface area (TPSA) is 88.3 Å². The maximum atomic E-state index is 10.9. The van der Waals surface area contributed by atoms with Gasteiger partial charge >= 0.3 is 5.97 Å². The van der Waals surface area contributed by atoms with Crippen molar-refractivity contribution in [2.45, 2.75) is 13.0 Å². The van der Waals surface area contributed by atoms with Crippen LogP contribution < -0.4 is 0 Å². The zero-order chi connectivity index (χ0) is 14.4. The SMILES string of the molecule is O=C(O)c1cc(-c2ccc3[nH]c4c(c3c2)COCC4)no1. The molecular weight excluding hydrogens is 272 g/mol. The fourth-order valence-corrected chi connectivity index (χ4v) is 2.70. The zero-order valence-corrected chi connectivity index (χ0v) is 11.0. The molecule has 1 aliphatic rings. The molecule has 0 saturated heterocycles. The first kappa shape index (κ1) is 12.2. The molecule has 0 bridgehead atoms. The summed E-state index contributed by atoms with van der Waals surface area (Å²) in [7, 11) is 0. The van der Waals surface area contributed by atoms with Crippen molar-refractivity contribution in [3.05, 3.63) is 41.3 Å². The van der Waals surface area contributed by atoms with E-state index in [0.717, 1.165) is 29.5 Å². The molecule has 21 heavy (non-hydrogen) atoms. The first-order valence-electron chi connectivity index (χ1n) is 6.64. The lowest BCUT2D eigenvalue weighted by molar-refractivity contribution is 0.0652. The van der Waals surface area contributed by atoms with Gasteiger partial charge in [-0.15, -0.1) is 0 Å². The van der Waals surface area contributed by atoms with Gasteiger partial charge in [-0.25, -0.2) is 4.79 Å². The Labute approximate surface area is 119 Å². The number of fused-ring (bicyclic) bond motifs is 3. The number of ether oxygens (including phenoxy) is 1. The lowest BCUT2D eigenvalue weighted by Gasteiger charge is -2.11. The average molecular weight is 284 g/mol. The summed E-state index contributed by atoms with van der Waals surface area (Å²) < 4.78 is 10.3. The second-order valence-electron chi connectivity index (χ2n) is 5.03. The zero-order valence-electron chi connectivity index (χ0n) is 11.0. The number of benzene rings is 1. The number of aromatic carboxylic acids is 1. The number of rotatable bonds is 2. The minimum atomic E-state index is -1.12. The number of nitrogens with one attached hydrogen (secondary N) is 1. The lowest BCUT2D eigenvalue weighted by Crippen LogP contribution is -2.08. The van der Waals surface area contributed by atoms with Crippen molar-refractivity contribution in [3.8, 4) is 11.3 Å². The molecule has 3 aromatic rings. The van der Waals surface area contributed by atoms with E-state index < -0.39 is 5.97 Å². The molecular formula is C15H12N2O4. The van der Waals surface area contributed by atoms with Crippen LogP contribution in [-0.2, 0) is 17.8 Å². The molecule has 0 aliphatic carbocycles. The highest BCUT2D eigenvalue weighted by atomic mass is 16.5. The molecule has 0 saturated carbocycles. The number of hydrogen-bond donors (Lipinski definition) is 2. The highest BCUT2D eigenvalue weighted by Gasteiger charge is 2.17. The number of carboxylic acid groups (broad SMARTS) is 1.